The van der Waals surface area contributed by atoms with Gasteiger partial charge < -0.3 is 15.2 Å². The third kappa shape index (κ3) is 5.31. The summed E-state index contributed by atoms with van der Waals surface area (Å²) in [6.45, 7) is 9.71. The lowest BCUT2D eigenvalue weighted by molar-refractivity contribution is 0.605. The molecule has 27 heavy (non-hydrogen) atoms. The molecule has 0 saturated carbocycles. The van der Waals surface area contributed by atoms with Gasteiger partial charge in [-0.15, -0.1) is 10.2 Å². The first-order valence-electron chi connectivity index (χ1n) is 10.2. The van der Waals surface area contributed by atoms with E-state index in [0.717, 1.165) is 43.7 Å². The highest BCUT2D eigenvalue weighted by molar-refractivity contribution is 5.79. The van der Waals surface area contributed by atoms with E-state index in [1.54, 1.807) is 0 Å². The van der Waals surface area contributed by atoms with Crippen LogP contribution in [0.4, 0.5) is 0 Å². The Hall–Kier alpha value is -2.37. The molecule has 6 heteroatoms. The topological polar surface area (TPSA) is 67.1 Å². The fraction of sp³-hybridized carbons (Fsp3) is 0.571. The van der Waals surface area contributed by atoms with E-state index in [0.29, 0.717) is 12.5 Å². The molecule has 3 rings (SSSR count). The van der Waals surface area contributed by atoms with Gasteiger partial charge in [-0.1, -0.05) is 43.2 Å². The van der Waals surface area contributed by atoms with Crippen molar-refractivity contribution in [1.82, 2.24) is 25.4 Å². The Morgan fingerprint density at radius 2 is 2.11 bits per heavy atom. The fourth-order valence-electron chi connectivity index (χ4n) is 3.50. The molecule has 0 bridgehead atoms. The molecule has 2 N–H and O–H groups in total. The standard InChI is InChI=1S/C21H32N6/c1-4-22-21(23-14-17(3)18-10-8-9-16(2)13-18)24-15-20-26-25-19-11-6-5-7-12-27(19)20/h8-10,13,17H,4-7,11-12,14-15H2,1-3H3,(H2,22,23,24). The summed E-state index contributed by atoms with van der Waals surface area (Å²) in [6, 6.07) is 8.70. The van der Waals surface area contributed by atoms with Crippen LogP contribution < -0.4 is 10.6 Å². The predicted molar refractivity (Wildman–Crippen MR) is 110 cm³/mol. The molecule has 0 radical (unpaired) electrons. The minimum Gasteiger partial charge on any atom is -0.357 e. The molecule has 0 spiro atoms. The summed E-state index contributed by atoms with van der Waals surface area (Å²) in [5, 5.41) is 15.6. The van der Waals surface area contributed by atoms with Crippen molar-refractivity contribution < 1.29 is 0 Å². The van der Waals surface area contributed by atoms with E-state index in [9.17, 15) is 0 Å². The van der Waals surface area contributed by atoms with Crippen LogP contribution in [0.3, 0.4) is 0 Å². The third-order valence-corrected chi connectivity index (χ3v) is 5.10. The zero-order chi connectivity index (χ0) is 19.1. The van der Waals surface area contributed by atoms with E-state index in [1.165, 1.54) is 30.4 Å². The number of hydrogen-bond donors (Lipinski definition) is 2. The van der Waals surface area contributed by atoms with Crippen LogP contribution in [0.15, 0.2) is 29.3 Å². The molecule has 2 aromatic rings. The third-order valence-electron chi connectivity index (χ3n) is 5.10. The molecule has 0 amide bonds. The van der Waals surface area contributed by atoms with E-state index in [4.69, 9.17) is 4.99 Å². The Morgan fingerprint density at radius 1 is 1.22 bits per heavy atom. The molecule has 1 aliphatic rings. The second kappa shape index (κ2) is 9.53. The van der Waals surface area contributed by atoms with Gasteiger partial charge in [-0.25, -0.2) is 4.99 Å². The quantitative estimate of drug-likeness (QED) is 0.607. The van der Waals surface area contributed by atoms with Gasteiger partial charge in [0.15, 0.2) is 11.8 Å². The predicted octanol–water partition coefficient (Wildman–Crippen LogP) is 3.17. The van der Waals surface area contributed by atoms with Crippen molar-refractivity contribution in [3.63, 3.8) is 0 Å². The molecule has 1 aliphatic heterocycles. The molecule has 1 unspecified atom stereocenters. The number of nitrogens with zero attached hydrogens (tertiary/aromatic N) is 4. The van der Waals surface area contributed by atoms with E-state index >= 15 is 0 Å². The smallest absolute Gasteiger partial charge is 0.191 e. The zero-order valence-electron chi connectivity index (χ0n) is 16.8. The average Bonchev–Trinajstić information content (AvgIpc) is 2.90. The number of fused-ring (bicyclic) bond motifs is 1. The van der Waals surface area contributed by atoms with Crippen LogP contribution in [0.2, 0.25) is 0 Å². The summed E-state index contributed by atoms with van der Waals surface area (Å²) in [6.07, 6.45) is 4.71. The van der Waals surface area contributed by atoms with Crippen LogP contribution in [-0.2, 0) is 19.5 Å². The van der Waals surface area contributed by atoms with Gasteiger partial charge in [-0.3, -0.25) is 0 Å². The Morgan fingerprint density at radius 3 is 2.93 bits per heavy atom. The summed E-state index contributed by atoms with van der Waals surface area (Å²) in [7, 11) is 0. The lowest BCUT2D eigenvalue weighted by atomic mass is 9.99. The largest absolute Gasteiger partial charge is 0.357 e. The number of nitrogens with one attached hydrogen (secondary N) is 2. The number of hydrogen-bond acceptors (Lipinski definition) is 3. The molecule has 146 valence electrons. The second-order valence-electron chi connectivity index (χ2n) is 7.39. The van der Waals surface area contributed by atoms with Gasteiger partial charge >= 0.3 is 0 Å². The maximum Gasteiger partial charge on any atom is 0.191 e. The maximum atomic E-state index is 4.75. The number of aliphatic imine (C=N–C) groups is 1. The second-order valence-corrected chi connectivity index (χ2v) is 7.39. The summed E-state index contributed by atoms with van der Waals surface area (Å²) in [5.74, 6) is 3.33. The van der Waals surface area contributed by atoms with Gasteiger partial charge in [0.05, 0.1) is 0 Å². The summed E-state index contributed by atoms with van der Waals surface area (Å²) in [4.78, 5) is 4.75. The number of guanidine groups is 1. The zero-order valence-corrected chi connectivity index (χ0v) is 16.8. The van der Waals surface area contributed by atoms with E-state index in [1.807, 2.05) is 0 Å². The first-order chi connectivity index (χ1) is 13.2. The normalized spacial score (nSPS) is 15.7. The van der Waals surface area contributed by atoms with Crippen molar-refractivity contribution in [2.24, 2.45) is 4.99 Å². The Labute approximate surface area is 162 Å². The Kier molecular flexibility index (Phi) is 6.85. The molecular formula is C21H32N6. The molecule has 0 aliphatic carbocycles. The molecule has 6 nitrogen and oxygen atoms in total. The monoisotopic (exact) mass is 368 g/mol. The highest BCUT2D eigenvalue weighted by Gasteiger charge is 2.14. The highest BCUT2D eigenvalue weighted by atomic mass is 15.3. The molecule has 2 heterocycles. The van der Waals surface area contributed by atoms with Crippen LogP contribution in [0.5, 0.6) is 0 Å². The minimum atomic E-state index is 0.415. The van der Waals surface area contributed by atoms with Crippen molar-refractivity contribution in [1.29, 1.82) is 0 Å². The lowest BCUT2D eigenvalue weighted by Gasteiger charge is -2.16. The summed E-state index contributed by atoms with van der Waals surface area (Å²) in [5.41, 5.74) is 2.65. The first-order valence-corrected chi connectivity index (χ1v) is 10.2. The average molecular weight is 369 g/mol. The molecule has 1 atom stereocenters. The van der Waals surface area contributed by atoms with Crippen LogP contribution in [0, 0.1) is 6.92 Å². The number of benzene rings is 1. The molecule has 0 saturated heterocycles. The molecule has 1 aromatic carbocycles. The number of rotatable bonds is 6. The minimum absolute atomic E-state index is 0.415. The van der Waals surface area contributed by atoms with Gasteiger partial charge in [0.2, 0.25) is 0 Å². The van der Waals surface area contributed by atoms with Crippen LogP contribution in [0.25, 0.3) is 0 Å². The summed E-state index contributed by atoms with van der Waals surface area (Å²) >= 11 is 0. The van der Waals surface area contributed by atoms with E-state index < -0.39 is 0 Å². The molecular weight excluding hydrogens is 336 g/mol. The van der Waals surface area contributed by atoms with Crippen LogP contribution in [0.1, 0.15) is 61.8 Å². The van der Waals surface area contributed by atoms with E-state index in [-0.39, 0.29) is 0 Å². The van der Waals surface area contributed by atoms with Crippen molar-refractivity contribution in [2.45, 2.75) is 65.5 Å². The van der Waals surface area contributed by atoms with Gasteiger partial charge in [0.25, 0.3) is 0 Å². The fourth-order valence-corrected chi connectivity index (χ4v) is 3.50. The number of aryl methyl sites for hydroxylation is 2. The number of aromatic nitrogens is 3. The van der Waals surface area contributed by atoms with Crippen LogP contribution >= 0.6 is 0 Å². The van der Waals surface area contributed by atoms with Crippen LogP contribution in [-0.4, -0.2) is 33.8 Å². The lowest BCUT2D eigenvalue weighted by Crippen LogP contribution is -2.39. The van der Waals surface area contributed by atoms with Crippen molar-refractivity contribution >= 4 is 5.96 Å². The van der Waals surface area contributed by atoms with Gasteiger partial charge in [-0.2, -0.15) is 0 Å². The van der Waals surface area contributed by atoms with Crippen molar-refractivity contribution in [3.8, 4) is 0 Å². The van der Waals surface area contributed by atoms with E-state index in [2.05, 4.69) is 70.4 Å². The SMILES string of the molecule is CCNC(=NCc1nnc2n1CCCCC2)NCC(C)c1cccc(C)c1. The first kappa shape index (κ1) is 19.4. The van der Waals surface area contributed by atoms with Crippen molar-refractivity contribution in [3.05, 3.63) is 47.0 Å². The van der Waals surface area contributed by atoms with Gasteiger partial charge in [-0.05, 0) is 38.2 Å². The molecule has 0 fully saturated rings. The Bertz CT molecular complexity index is 764. The van der Waals surface area contributed by atoms with Gasteiger partial charge in [0, 0.05) is 26.1 Å². The molecule has 1 aromatic heterocycles. The maximum absolute atomic E-state index is 4.75. The highest BCUT2D eigenvalue weighted by Crippen LogP contribution is 2.16. The van der Waals surface area contributed by atoms with Crippen molar-refractivity contribution in [2.75, 3.05) is 13.1 Å². The van der Waals surface area contributed by atoms with Gasteiger partial charge in [0.1, 0.15) is 12.4 Å². The summed E-state index contributed by atoms with van der Waals surface area (Å²) < 4.78 is 2.26. The Balaban J connectivity index is 1.62.